The number of rotatable bonds is 12. The van der Waals surface area contributed by atoms with Crippen molar-refractivity contribution in [1.29, 1.82) is 0 Å². The van der Waals surface area contributed by atoms with E-state index in [2.05, 4.69) is 62.0 Å². The Hall–Kier alpha value is -12.8. The number of phenols is 4. The van der Waals surface area contributed by atoms with Gasteiger partial charge < -0.3 is 60.5 Å². The van der Waals surface area contributed by atoms with Gasteiger partial charge in [0.1, 0.15) is 45.3 Å². The van der Waals surface area contributed by atoms with Crippen LogP contribution in [0.25, 0.3) is 43.6 Å². The summed E-state index contributed by atoms with van der Waals surface area (Å²) in [4.78, 5) is 10.6. The number of hydrazone groups is 4. The molecule has 0 aliphatic carbocycles. The predicted molar refractivity (Wildman–Crippen MR) is 375 cm³/mol. The Kier molecular flexibility index (Phi) is 33.5. The first kappa shape index (κ1) is 91.4. The molecule has 12 rings (SSSR count). The van der Waals surface area contributed by atoms with Crippen LogP contribution >= 0.6 is 0 Å². The van der Waals surface area contributed by atoms with E-state index in [4.69, 9.17) is 35.0 Å². The van der Waals surface area contributed by atoms with Gasteiger partial charge >= 0.3 is 24.7 Å². The van der Waals surface area contributed by atoms with E-state index in [0.717, 1.165) is 46.5 Å². The van der Waals surface area contributed by atoms with E-state index in [0.29, 0.717) is 44.3 Å². The Balaban J connectivity index is 0.000000360. The second kappa shape index (κ2) is 40.3. The molecule has 42 heteroatoms. The van der Waals surface area contributed by atoms with E-state index < -0.39 is 67.8 Å². The number of hydrogen-bond acceptors (Lipinski definition) is 20. The van der Waals surface area contributed by atoms with Crippen molar-refractivity contribution in [3.8, 4) is 23.0 Å². The third-order valence-electron chi connectivity index (χ3n) is 13.7. The molecule has 0 fully saturated rings. The topological polar surface area (TPSA) is 522 Å². The van der Waals surface area contributed by atoms with Crippen LogP contribution in [-0.2, 0) is 45.5 Å². The molecular formula is C68H60F12N12O16S2. The molecule has 20 N–H and O–H groups in total. The highest BCUT2D eigenvalue weighted by Crippen LogP contribution is 2.39. The molecule has 28 nitrogen and oxygen atoms in total. The number of nitrogens with one attached hydrogen (secondary N) is 8. The van der Waals surface area contributed by atoms with Crippen molar-refractivity contribution in [3.05, 3.63) is 263 Å². The van der Waals surface area contributed by atoms with Crippen molar-refractivity contribution >= 4 is 112 Å². The highest BCUT2D eigenvalue weighted by molar-refractivity contribution is 7.80. The zero-order chi connectivity index (χ0) is 77.6. The van der Waals surface area contributed by atoms with Gasteiger partial charge in [0.25, 0.3) is 0 Å². The minimum Gasteiger partial charge on any atom is -0.759 e. The van der Waals surface area contributed by atoms with E-state index in [1.54, 1.807) is 97.1 Å². The molecule has 0 amide bonds. The second-order valence-electron chi connectivity index (χ2n) is 21.1. The average molecular weight is 1590 g/mol. The predicted octanol–water partition coefficient (Wildman–Crippen LogP) is 9.32. The SMILES string of the molecule is O.O.O.O.O=S(=O)([O-])[O-].O=S(=O)([O-])[O-].Oc1ccc(/C=N/Nc2cc[nH+]c3c(C(F)(F)F)cccc23)cc1.Oc1ccc(/C=N/Nc2cc[nH+]c3c(C(F)(F)F)cccc23)cc1.Oc1ccc(/C=N/Nc2cc[nH+]c3c(C(F)(F)F)cccc23)cc1.Oc1ccc(/C=N/Nc2cc[nH+]c3c(C(F)(F)F)cccc23)cc1. The molecular weight excluding hydrogens is 1530 g/mol. The van der Waals surface area contributed by atoms with Gasteiger partial charge in [0.2, 0.25) is 22.1 Å². The van der Waals surface area contributed by atoms with Crippen LogP contribution in [0.4, 0.5) is 75.4 Å². The molecule has 0 aliphatic rings. The van der Waals surface area contributed by atoms with Crippen LogP contribution in [0.2, 0.25) is 0 Å². The standard InChI is InChI=1S/4C17H12F3N3O.2H2O4S.4H2O/c4*18-17(19,20)14-3-1-2-13-15(8-9-21-16(13)14)23-22-10-11-4-6-12(24)7-5-11;2*1-5(2,3)4;;;;/h4*1-10,24H,(H,21,23);2*(H2,1,2,3,4);4*1H2/b4*22-10+;;;;;;. The van der Waals surface area contributed by atoms with Gasteiger partial charge in [0.05, 0.1) is 69.2 Å². The van der Waals surface area contributed by atoms with Gasteiger partial charge in [-0.3, -0.25) is 38.5 Å². The van der Waals surface area contributed by atoms with E-state index >= 15 is 0 Å². The molecule has 0 radical (unpaired) electrons. The number of halogens is 12. The first-order chi connectivity index (χ1) is 49.8. The number of nitrogens with zero attached hydrogens (tertiary/aromatic N) is 4. The molecule has 4 aromatic heterocycles. The molecule has 8 aromatic carbocycles. The summed E-state index contributed by atoms with van der Waals surface area (Å²) in [5, 5.41) is 54.5. The molecule has 0 bridgehead atoms. The molecule has 4 heterocycles. The molecule has 0 saturated heterocycles. The number of hydrogen-bond donors (Lipinski definition) is 8. The quantitative estimate of drug-likeness (QED) is 0.0186. The van der Waals surface area contributed by atoms with Crippen molar-refractivity contribution in [1.82, 2.24) is 0 Å². The lowest BCUT2D eigenvalue weighted by molar-refractivity contribution is -0.347. The Bertz CT molecular complexity index is 4700. The Morgan fingerprint density at radius 1 is 0.291 bits per heavy atom. The Morgan fingerprint density at radius 3 is 0.609 bits per heavy atom. The molecule has 0 atom stereocenters. The summed E-state index contributed by atoms with van der Waals surface area (Å²) in [7, 11) is -10.3. The minimum absolute atomic E-state index is 0. The third kappa shape index (κ3) is 28.8. The van der Waals surface area contributed by atoms with Crippen LogP contribution in [-0.4, -0.2) is 102 Å². The van der Waals surface area contributed by atoms with Crippen LogP contribution in [0.1, 0.15) is 44.5 Å². The number of aromatic amines is 4. The molecule has 0 unspecified atom stereocenters. The van der Waals surface area contributed by atoms with Gasteiger partial charge in [-0.05, 0) is 168 Å². The van der Waals surface area contributed by atoms with Crippen molar-refractivity contribution < 1.29 is 150 Å². The summed E-state index contributed by atoms with van der Waals surface area (Å²) in [6.07, 6.45) is -6.02. The largest absolute Gasteiger partial charge is 0.759 e. The van der Waals surface area contributed by atoms with Gasteiger partial charge in [-0.1, -0.05) is 24.3 Å². The third-order valence-corrected chi connectivity index (χ3v) is 13.7. The fraction of sp³-hybridized carbons (Fsp3) is 0.0588. The van der Waals surface area contributed by atoms with E-state index in [1.165, 1.54) is 122 Å². The molecule has 584 valence electrons. The number of alkyl halides is 12. The summed E-state index contributed by atoms with van der Waals surface area (Å²) in [5.41, 5.74) is 12.8. The zero-order valence-corrected chi connectivity index (χ0v) is 56.9. The summed E-state index contributed by atoms with van der Waals surface area (Å²) in [5.74, 6) is 0.572. The molecule has 0 saturated carbocycles. The molecule has 0 spiro atoms. The molecule has 0 aliphatic heterocycles. The van der Waals surface area contributed by atoms with Gasteiger partial charge in [-0.25, -0.2) is 19.9 Å². The number of anilines is 4. The smallest absolute Gasteiger partial charge is 0.422 e. The van der Waals surface area contributed by atoms with Gasteiger partial charge in [-0.2, -0.15) is 73.1 Å². The maximum atomic E-state index is 13.1. The van der Waals surface area contributed by atoms with Gasteiger partial charge in [-0.15, -0.1) is 0 Å². The molecule has 12 aromatic rings. The summed E-state index contributed by atoms with van der Waals surface area (Å²) in [6.45, 7) is 0. The van der Waals surface area contributed by atoms with Crippen molar-refractivity contribution in [2.45, 2.75) is 24.7 Å². The monoisotopic (exact) mass is 1590 g/mol. The van der Waals surface area contributed by atoms with Crippen LogP contribution in [0, 0.1) is 0 Å². The Labute approximate surface area is 612 Å². The summed E-state index contributed by atoms with van der Waals surface area (Å²) in [6, 6.07) is 47.8. The number of aromatic nitrogens is 4. The van der Waals surface area contributed by atoms with Crippen LogP contribution in [0.5, 0.6) is 23.0 Å². The number of para-hydroxylation sites is 4. The number of aromatic hydroxyl groups is 4. The number of fused-ring (bicyclic) bond motifs is 4. The zero-order valence-electron chi connectivity index (χ0n) is 55.3. The lowest BCUT2D eigenvalue weighted by Gasteiger charge is -2.08. The van der Waals surface area contributed by atoms with Crippen molar-refractivity contribution in [3.63, 3.8) is 0 Å². The van der Waals surface area contributed by atoms with Crippen LogP contribution in [0.3, 0.4) is 0 Å². The van der Waals surface area contributed by atoms with E-state index in [1.807, 2.05) is 0 Å². The minimum atomic E-state index is -5.17. The first-order valence-corrected chi connectivity index (χ1v) is 32.1. The van der Waals surface area contributed by atoms with E-state index in [9.17, 15) is 73.1 Å². The fourth-order valence-corrected chi connectivity index (χ4v) is 9.20. The number of benzene rings is 8. The first-order valence-electron chi connectivity index (χ1n) is 29.5. The Morgan fingerprint density at radius 2 is 0.455 bits per heavy atom. The van der Waals surface area contributed by atoms with Crippen molar-refractivity contribution in [2.24, 2.45) is 20.4 Å². The lowest BCUT2D eigenvalue weighted by atomic mass is 10.1. The van der Waals surface area contributed by atoms with Gasteiger partial charge in [0.15, 0.2) is 24.8 Å². The average Bonchev–Trinajstić information content (AvgIpc) is 0.805. The maximum Gasteiger partial charge on any atom is 0.422 e. The maximum absolute atomic E-state index is 13.1. The summed E-state index contributed by atoms with van der Waals surface area (Å²) >= 11 is 0. The number of H-pyrrole nitrogens is 4. The fourth-order valence-electron chi connectivity index (χ4n) is 9.20. The second-order valence-corrected chi connectivity index (χ2v) is 22.8. The van der Waals surface area contributed by atoms with Crippen LogP contribution in [0.15, 0.2) is 239 Å². The highest BCUT2D eigenvalue weighted by Gasteiger charge is 2.39. The van der Waals surface area contributed by atoms with E-state index in [-0.39, 0.29) is 67.0 Å². The van der Waals surface area contributed by atoms with Crippen LogP contribution < -0.4 is 41.6 Å². The number of phenolic OH excluding ortho intramolecular Hbond substituents is 4. The molecule has 110 heavy (non-hydrogen) atoms. The van der Waals surface area contributed by atoms with Crippen molar-refractivity contribution in [2.75, 3.05) is 21.7 Å². The highest BCUT2D eigenvalue weighted by atomic mass is 32.3. The normalized spacial score (nSPS) is 11.5. The number of pyridine rings is 4. The van der Waals surface area contributed by atoms with Gasteiger partial charge in [0, 0.05) is 45.1 Å². The summed E-state index contributed by atoms with van der Waals surface area (Å²) < 4.78 is 225. The lowest BCUT2D eigenvalue weighted by Crippen LogP contribution is -2.13.